The first-order valence-electron chi connectivity index (χ1n) is 5.40. The lowest BCUT2D eigenvalue weighted by Crippen LogP contribution is -2.53. The van der Waals surface area contributed by atoms with Crippen LogP contribution in [-0.4, -0.2) is 62.2 Å². The summed E-state index contributed by atoms with van der Waals surface area (Å²) in [4.78, 5) is 4.89. The first-order chi connectivity index (χ1) is 6.26. The van der Waals surface area contributed by atoms with Crippen molar-refractivity contribution in [1.29, 1.82) is 0 Å². The predicted molar refractivity (Wildman–Crippen MR) is 57.1 cm³/mol. The van der Waals surface area contributed by atoms with E-state index >= 15 is 0 Å². The number of hydrogen-bond donors (Lipinski definition) is 1. The van der Waals surface area contributed by atoms with Crippen molar-refractivity contribution in [2.45, 2.75) is 19.9 Å². The van der Waals surface area contributed by atoms with Gasteiger partial charge in [-0.15, -0.1) is 0 Å². The molecule has 78 valence electrons. The summed E-state index contributed by atoms with van der Waals surface area (Å²) < 4.78 is 0. The van der Waals surface area contributed by atoms with Crippen LogP contribution >= 0.6 is 0 Å². The van der Waals surface area contributed by atoms with E-state index in [-0.39, 0.29) is 0 Å². The molecule has 1 fully saturated rings. The molecule has 1 atom stereocenters. The topological polar surface area (TPSA) is 18.5 Å². The van der Waals surface area contributed by atoms with E-state index in [4.69, 9.17) is 0 Å². The van der Waals surface area contributed by atoms with Gasteiger partial charge in [-0.25, -0.2) is 0 Å². The summed E-state index contributed by atoms with van der Waals surface area (Å²) in [5, 5.41) is 3.57. The Kier molecular flexibility index (Phi) is 4.70. The van der Waals surface area contributed by atoms with Crippen molar-refractivity contribution in [3.05, 3.63) is 0 Å². The van der Waals surface area contributed by atoms with Crippen molar-refractivity contribution in [3.63, 3.8) is 0 Å². The Morgan fingerprint density at radius 2 is 2.08 bits per heavy atom. The number of hydrogen-bond acceptors (Lipinski definition) is 3. The Balaban J connectivity index is 2.26. The van der Waals surface area contributed by atoms with Gasteiger partial charge in [-0.2, -0.15) is 0 Å². The van der Waals surface area contributed by atoms with Crippen LogP contribution < -0.4 is 5.32 Å². The van der Waals surface area contributed by atoms with Crippen molar-refractivity contribution in [2.75, 3.05) is 46.3 Å². The van der Waals surface area contributed by atoms with E-state index in [1.165, 1.54) is 32.7 Å². The summed E-state index contributed by atoms with van der Waals surface area (Å²) >= 11 is 0. The van der Waals surface area contributed by atoms with Gasteiger partial charge in [-0.1, -0.05) is 13.8 Å². The average molecular weight is 185 g/mol. The lowest BCUT2D eigenvalue weighted by Gasteiger charge is -2.34. The molecule has 1 N–H and O–H groups in total. The highest BCUT2D eigenvalue weighted by atomic mass is 15.2. The lowest BCUT2D eigenvalue weighted by atomic mass is 10.2. The summed E-state index contributed by atoms with van der Waals surface area (Å²) in [6.07, 6.45) is 0. The number of likely N-dealkylation sites (N-methyl/N-ethyl adjacent to an activating group) is 2. The third-order valence-corrected chi connectivity index (χ3v) is 2.83. The van der Waals surface area contributed by atoms with Gasteiger partial charge in [-0.3, -0.25) is 0 Å². The molecule has 0 aromatic carbocycles. The second-order valence-corrected chi connectivity index (χ2v) is 3.90. The summed E-state index contributed by atoms with van der Waals surface area (Å²) in [6.45, 7) is 11.5. The minimum Gasteiger partial charge on any atom is -0.310 e. The van der Waals surface area contributed by atoms with Gasteiger partial charge in [-0.05, 0) is 20.1 Å². The molecule has 0 aromatic heterocycles. The molecule has 1 rings (SSSR count). The van der Waals surface area contributed by atoms with Crippen molar-refractivity contribution < 1.29 is 0 Å². The Hall–Kier alpha value is -0.120. The van der Waals surface area contributed by atoms with Crippen molar-refractivity contribution in [1.82, 2.24) is 15.1 Å². The van der Waals surface area contributed by atoms with Gasteiger partial charge in [0.2, 0.25) is 0 Å². The zero-order valence-electron chi connectivity index (χ0n) is 9.21. The van der Waals surface area contributed by atoms with Gasteiger partial charge in [0.1, 0.15) is 0 Å². The highest BCUT2D eigenvalue weighted by molar-refractivity contribution is 4.79. The lowest BCUT2D eigenvalue weighted by molar-refractivity contribution is 0.187. The van der Waals surface area contributed by atoms with Crippen LogP contribution in [0.4, 0.5) is 0 Å². The third kappa shape index (κ3) is 3.63. The van der Waals surface area contributed by atoms with Gasteiger partial charge < -0.3 is 15.1 Å². The van der Waals surface area contributed by atoms with E-state index < -0.39 is 0 Å². The minimum absolute atomic E-state index is 0.665. The molecular formula is C10H23N3. The molecule has 0 radical (unpaired) electrons. The number of piperazine rings is 1. The van der Waals surface area contributed by atoms with Gasteiger partial charge in [0, 0.05) is 32.2 Å². The Bertz CT molecular complexity index is 134. The summed E-state index contributed by atoms with van der Waals surface area (Å²) in [7, 11) is 2.20. The smallest absolute Gasteiger partial charge is 0.0323 e. The van der Waals surface area contributed by atoms with Crippen LogP contribution in [0.5, 0.6) is 0 Å². The van der Waals surface area contributed by atoms with E-state index in [2.05, 4.69) is 36.0 Å². The van der Waals surface area contributed by atoms with Crippen LogP contribution in [0, 0.1) is 0 Å². The van der Waals surface area contributed by atoms with Crippen molar-refractivity contribution >= 4 is 0 Å². The van der Waals surface area contributed by atoms with Crippen molar-refractivity contribution in [3.8, 4) is 0 Å². The first kappa shape index (κ1) is 11.0. The maximum Gasteiger partial charge on any atom is 0.0323 e. The standard InChI is InChI=1S/C10H23N3/c1-4-13(5-2)9-10-8-12(3)7-6-11-10/h10-11H,4-9H2,1-3H3. The van der Waals surface area contributed by atoms with Gasteiger partial charge in [0.15, 0.2) is 0 Å². The molecule has 1 aliphatic heterocycles. The summed E-state index contributed by atoms with van der Waals surface area (Å²) in [5.41, 5.74) is 0. The Morgan fingerprint density at radius 1 is 1.38 bits per heavy atom. The molecule has 0 aromatic rings. The molecule has 13 heavy (non-hydrogen) atoms. The molecule has 1 aliphatic rings. The highest BCUT2D eigenvalue weighted by Gasteiger charge is 2.17. The van der Waals surface area contributed by atoms with Crippen LogP contribution in [0.15, 0.2) is 0 Å². The van der Waals surface area contributed by atoms with Gasteiger partial charge in [0.25, 0.3) is 0 Å². The molecule has 0 bridgehead atoms. The average Bonchev–Trinajstić information content (AvgIpc) is 2.14. The predicted octanol–water partition coefficient (Wildman–Crippen LogP) is 0.232. The zero-order chi connectivity index (χ0) is 9.68. The number of nitrogens with zero attached hydrogens (tertiary/aromatic N) is 2. The van der Waals surface area contributed by atoms with Gasteiger partial charge in [0.05, 0.1) is 0 Å². The van der Waals surface area contributed by atoms with Crippen LogP contribution in [0.3, 0.4) is 0 Å². The monoisotopic (exact) mass is 185 g/mol. The molecule has 1 unspecified atom stereocenters. The molecule has 0 spiro atoms. The minimum atomic E-state index is 0.665. The highest BCUT2D eigenvalue weighted by Crippen LogP contribution is 1.99. The second kappa shape index (κ2) is 5.58. The molecule has 0 saturated carbocycles. The van der Waals surface area contributed by atoms with Crippen LogP contribution in [0.1, 0.15) is 13.8 Å². The summed E-state index contributed by atoms with van der Waals surface area (Å²) in [5.74, 6) is 0. The Labute approximate surface area is 82.1 Å². The van der Waals surface area contributed by atoms with E-state index in [1.54, 1.807) is 0 Å². The largest absolute Gasteiger partial charge is 0.310 e. The van der Waals surface area contributed by atoms with Crippen LogP contribution in [-0.2, 0) is 0 Å². The molecule has 1 saturated heterocycles. The maximum atomic E-state index is 3.57. The molecule has 3 heteroatoms. The van der Waals surface area contributed by atoms with E-state index in [9.17, 15) is 0 Å². The number of nitrogens with one attached hydrogen (secondary N) is 1. The quantitative estimate of drug-likeness (QED) is 0.676. The SMILES string of the molecule is CCN(CC)CC1CN(C)CCN1. The van der Waals surface area contributed by atoms with E-state index in [0.29, 0.717) is 6.04 Å². The van der Waals surface area contributed by atoms with Gasteiger partial charge >= 0.3 is 0 Å². The maximum absolute atomic E-state index is 3.57. The molecule has 1 heterocycles. The fraction of sp³-hybridized carbons (Fsp3) is 1.00. The van der Waals surface area contributed by atoms with Crippen molar-refractivity contribution in [2.24, 2.45) is 0 Å². The first-order valence-corrected chi connectivity index (χ1v) is 5.40. The van der Waals surface area contributed by atoms with Crippen LogP contribution in [0.2, 0.25) is 0 Å². The second-order valence-electron chi connectivity index (χ2n) is 3.90. The fourth-order valence-corrected chi connectivity index (χ4v) is 1.91. The third-order valence-electron chi connectivity index (χ3n) is 2.83. The molecule has 3 nitrogen and oxygen atoms in total. The zero-order valence-corrected chi connectivity index (χ0v) is 9.21. The summed E-state index contributed by atoms with van der Waals surface area (Å²) in [6, 6.07) is 0.665. The van der Waals surface area contributed by atoms with E-state index in [1.807, 2.05) is 0 Å². The molecule has 0 aliphatic carbocycles. The normalized spacial score (nSPS) is 25.4. The number of rotatable bonds is 4. The van der Waals surface area contributed by atoms with Crippen LogP contribution in [0.25, 0.3) is 0 Å². The molecule has 0 amide bonds. The fourth-order valence-electron chi connectivity index (χ4n) is 1.91. The van der Waals surface area contributed by atoms with E-state index in [0.717, 1.165) is 6.54 Å². The Morgan fingerprint density at radius 3 is 2.62 bits per heavy atom. The molecular weight excluding hydrogens is 162 g/mol.